The van der Waals surface area contributed by atoms with Crippen molar-refractivity contribution in [3.8, 4) is 0 Å². The van der Waals surface area contributed by atoms with E-state index < -0.39 is 5.92 Å². The number of alkyl halides is 2. The number of halogens is 2. The van der Waals surface area contributed by atoms with Crippen molar-refractivity contribution >= 4 is 0 Å². The van der Waals surface area contributed by atoms with Crippen LogP contribution in [-0.4, -0.2) is 43.7 Å². The summed E-state index contributed by atoms with van der Waals surface area (Å²) < 4.78 is 30.7. The molecule has 0 aromatic heterocycles. The molecule has 1 saturated heterocycles. The Morgan fingerprint density at radius 3 is 2.80 bits per heavy atom. The predicted molar refractivity (Wildman–Crippen MR) is 54.1 cm³/mol. The van der Waals surface area contributed by atoms with E-state index in [1.54, 1.807) is 0 Å². The monoisotopic (exact) mass is 219 g/mol. The zero-order chi connectivity index (χ0) is 10.9. The molecule has 4 heteroatoms. The van der Waals surface area contributed by atoms with Crippen LogP contribution >= 0.6 is 0 Å². The average Bonchev–Trinajstić information content (AvgIpc) is 2.26. The van der Waals surface area contributed by atoms with Crippen molar-refractivity contribution < 1.29 is 13.5 Å². The molecule has 1 saturated carbocycles. The third-order valence-electron chi connectivity index (χ3n) is 3.22. The van der Waals surface area contributed by atoms with Gasteiger partial charge in [-0.25, -0.2) is 8.78 Å². The van der Waals surface area contributed by atoms with Gasteiger partial charge in [0, 0.05) is 32.5 Å². The Balaban J connectivity index is 1.74. The van der Waals surface area contributed by atoms with Crippen molar-refractivity contribution in [3.05, 3.63) is 0 Å². The van der Waals surface area contributed by atoms with Gasteiger partial charge in [-0.1, -0.05) is 6.92 Å². The fourth-order valence-corrected chi connectivity index (χ4v) is 2.51. The van der Waals surface area contributed by atoms with Crippen LogP contribution in [0.1, 0.15) is 19.8 Å². The molecule has 0 N–H and O–H groups in total. The molecule has 1 unspecified atom stereocenters. The van der Waals surface area contributed by atoms with E-state index in [1.165, 1.54) is 0 Å². The summed E-state index contributed by atoms with van der Waals surface area (Å²) in [4.78, 5) is 2.28. The van der Waals surface area contributed by atoms with Crippen molar-refractivity contribution in [1.82, 2.24) is 4.90 Å². The largest absolute Gasteiger partial charge is 0.380 e. The summed E-state index contributed by atoms with van der Waals surface area (Å²) >= 11 is 0. The van der Waals surface area contributed by atoms with Gasteiger partial charge in [0.2, 0.25) is 5.92 Å². The van der Waals surface area contributed by atoms with Gasteiger partial charge in [-0.05, 0) is 11.8 Å². The van der Waals surface area contributed by atoms with Crippen LogP contribution in [-0.2, 0) is 4.74 Å². The summed E-state index contributed by atoms with van der Waals surface area (Å²) in [7, 11) is 0. The molecular formula is C11H19F2NO. The summed E-state index contributed by atoms with van der Waals surface area (Å²) in [6.45, 7) is 6.40. The highest BCUT2D eigenvalue weighted by Gasteiger charge is 2.45. The van der Waals surface area contributed by atoms with Gasteiger partial charge < -0.3 is 9.64 Å². The minimum atomic E-state index is -2.38. The first-order valence-corrected chi connectivity index (χ1v) is 5.73. The fourth-order valence-electron chi connectivity index (χ4n) is 2.51. The standard InChI is InChI=1S/C11H19F2NO/c1-9-6-14(2-3-15-8-9)7-10-4-11(12,13)5-10/h9-10H,2-8H2,1H3. The van der Waals surface area contributed by atoms with E-state index in [-0.39, 0.29) is 18.8 Å². The quantitative estimate of drug-likeness (QED) is 0.704. The lowest BCUT2D eigenvalue weighted by atomic mass is 9.81. The van der Waals surface area contributed by atoms with E-state index in [2.05, 4.69) is 11.8 Å². The van der Waals surface area contributed by atoms with Gasteiger partial charge in [0.25, 0.3) is 0 Å². The lowest BCUT2D eigenvalue weighted by Crippen LogP contribution is -2.43. The SMILES string of the molecule is CC1COCCN(CC2CC(F)(F)C2)C1. The zero-order valence-electron chi connectivity index (χ0n) is 9.22. The lowest BCUT2D eigenvalue weighted by Gasteiger charge is -2.38. The van der Waals surface area contributed by atoms with Crippen LogP contribution in [0.15, 0.2) is 0 Å². The molecule has 15 heavy (non-hydrogen) atoms. The highest BCUT2D eigenvalue weighted by atomic mass is 19.3. The Bertz CT molecular complexity index is 215. The van der Waals surface area contributed by atoms with E-state index >= 15 is 0 Å². The highest BCUT2D eigenvalue weighted by molar-refractivity contribution is 4.88. The number of hydrogen-bond donors (Lipinski definition) is 0. The zero-order valence-corrected chi connectivity index (χ0v) is 9.22. The minimum absolute atomic E-state index is 0.0821. The number of rotatable bonds is 2. The van der Waals surface area contributed by atoms with Crippen molar-refractivity contribution in [3.63, 3.8) is 0 Å². The molecule has 0 amide bonds. The summed E-state index contributed by atoms with van der Waals surface area (Å²) in [6, 6.07) is 0. The van der Waals surface area contributed by atoms with Gasteiger partial charge >= 0.3 is 0 Å². The molecule has 1 atom stereocenters. The Labute approximate surface area is 89.6 Å². The van der Waals surface area contributed by atoms with Crippen LogP contribution < -0.4 is 0 Å². The van der Waals surface area contributed by atoms with Gasteiger partial charge in [0.05, 0.1) is 13.2 Å². The smallest absolute Gasteiger partial charge is 0.248 e. The summed E-state index contributed by atoms with van der Waals surface area (Å²) in [5.74, 6) is -1.66. The van der Waals surface area contributed by atoms with Crippen LogP contribution in [0.2, 0.25) is 0 Å². The van der Waals surface area contributed by atoms with Crippen molar-refractivity contribution in [2.45, 2.75) is 25.7 Å². The molecule has 1 aliphatic heterocycles. The van der Waals surface area contributed by atoms with E-state index in [9.17, 15) is 8.78 Å². The summed E-state index contributed by atoms with van der Waals surface area (Å²) in [6.07, 6.45) is 0.164. The first-order chi connectivity index (χ1) is 7.05. The number of hydrogen-bond acceptors (Lipinski definition) is 2. The Morgan fingerprint density at radius 2 is 2.13 bits per heavy atom. The van der Waals surface area contributed by atoms with Crippen LogP contribution in [0.3, 0.4) is 0 Å². The second-order valence-electron chi connectivity index (χ2n) is 5.07. The molecule has 1 heterocycles. The third kappa shape index (κ3) is 3.11. The topological polar surface area (TPSA) is 12.5 Å². The summed E-state index contributed by atoms with van der Waals surface area (Å²) in [5, 5.41) is 0. The fraction of sp³-hybridized carbons (Fsp3) is 1.00. The van der Waals surface area contributed by atoms with Gasteiger partial charge in [0.1, 0.15) is 0 Å². The summed E-state index contributed by atoms with van der Waals surface area (Å²) in [5.41, 5.74) is 0. The van der Waals surface area contributed by atoms with E-state index in [0.29, 0.717) is 5.92 Å². The maximum absolute atomic E-state index is 12.7. The molecule has 2 fully saturated rings. The van der Waals surface area contributed by atoms with Crippen LogP contribution in [0.5, 0.6) is 0 Å². The molecule has 88 valence electrons. The number of nitrogens with zero attached hydrogens (tertiary/aromatic N) is 1. The molecule has 0 bridgehead atoms. The Kier molecular flexibility index (Phi) is 3.26. The molecule has 2 rings (SSSR count). The highest BCUT2D eigenvalue weighted by Crippen LogP contribution is 2.42. The van der Waals surface area contributed by atoms with E-state index in [0.717, 1.165) is 32.8 Å². The number of ether oxygens (including phenoxy) is 1. The molecule has 0 aromatic rings. The normalized spacial score (nSPS) is 33.4. The van der Waals surface area contributed by atoms with Crippen LogP contribution in [0.25, 0.3) is 0 Å². The van der Waals surface area contributed by atoms with Crippen LogP contribution in [0.4, 0.5) is 8.78 Å². The second-order valence-corrected chi connectivity index (χ2v) is 5.07. The van der Waals surface area contributed by atoms with Gasteiger partial charge in [0.15, 0.2) is 0 Å². The Hall–Kier alpha value is -0.220. The maximum Gasteiger partial charge on any atom is 0.248 e. The van der Waals surface area contributed by atoms with E-state index in [4.69, 9.17) is 4.74 Å². The maximum atomic E-state index is 12.7. The molecule has 2 aliphatic rings. The molecule has 0 spiro atoms. The van der Waals surface area contributed by atoms with Gasteiger partial charge in [-0.3, -0.25) is 0 Å². The average molecular weight is 219 g/mol. The van der Waals surface area contributed by atoms with Gasteiger partial charge in [-0.15, -0.1) is 0 Å². The lowest BCUT2D eigenvalue weighted by molar-refractivity contribution is -0.116. The predicted octanol–water partition coefficient (Wildman–Crippen LogP) is 2.00. The van der Waals surface area contributed by atoms with Gasteiger partial charge in [-0.2, -0.15) is 0 Å². The molecule has 0 radical (unpaired) electrons. The molecule has 0 aromatic carbocycles. The molecular weight excluding hydrogens is 200 g/mol. The van der Waals surface area contributed by atoms with Crippen molar-refractivity contribution in [2.75, 3.05) is 32.8 Å². The van der Waals surface area contributed by atoms with E-state index in [1.807, 2.05) is 0 Å². The second kappa shape index (κ2) is 4.34. The molecule has 1 aliphatic carbocycles. The molecule has 2 nitrogen and oxygen atoms in total. The third-order valence-corrected chi connectivity index (χ3v) is 3.22. The first kappa shape index (κ1) is 11.3. The van der Waals surface area contributed by atoms with Crippen molar-refractivity contribution in [2.24, 2.45) is 11.8 Å². The minimum Gasteiger partial charge on any atom is -0.380 e. The van der Waals surface area contributed by atoms with Crippen molar-refractivity contribution in [1.29, 1.82) is 0 Å². The van der Waals surface area contributed by atoms with Crippen LogP contribution in [0, 0.1) is 11.8 Å². The Morgan fingerprint density at radius 1 is 1.40 bits per heavy atom. The first-order valence-electron chi connectivity index (χ1n) is 5.73.